The van der Waals surface area contributed by atoms with Crippen LogP contribution in [-0.4, -0.2) is 93.2 Å². The molecule has 3 fully saturated rings. The summed E-state index contributed by atoms with van der Waals surface area (Å²) in [7, 11) is -6.47. The molecular formula is C22H33N3O5S2. The van der Waals surface area contributed by atoms with Crippen LogP contribution in [-0.2, 0) is 30.4 Å². The molecule has 0 spiro atoms. The standard InChI is InChI=1S/C22H33N3O5S2/c26-22(25(20-8-4-5-9-20)21-10-15-31(27,28)18-21)16-23-11-13-24(14-12-23)32(29,30)17-19-6-2-1-3-7-19/h1-3,6-7,20-21H,4-5,8-18H2/t21-/m1/s1. The fourth-order valence-corrected chi connectivity index (χ4v) is 8.42. The van der Waals surface area contributed by atoms with Crippen molar-refractivity contribution in [3.8, 4) is 0 Å². The highest BCUT2D eigenvalue weighted by Gasteiger charge is 2.39. The third-order valence-corrected chi connectivity index (χ3v) is 10.5. The maximum absolute atomic E-state index is 13.3. The minimum absolute atomic E-state index is 0.0143. The largest absolute Gasteiger partial charge is 0.335 e. The van der Waals surface area contributed by atoms with E-state index in [0.29, 0.717) is 32.6 Å². The number of sulfone groups is 1. The first-order valence-electron chi connectivity index (χ1n) is 11.5. The average Bonchev–Trinajstić information content (AvgIpc) is 3.39. The maximum atomic E-state index is 13.3. The quantitative estimate of drug-likeness (QED) is 0.576. The number of amides is 1. The summed E-state index contributed by atoms with van der Waals surface area (Å²) >= 11 is 0. The molecule has 32 heavy (non-hydrogen) atoms. The zero-order valence-electron chi connectivity index (χ0n) is 18.4. The molecule has 10 heteroatoms. The van der Waals surface area contributed by atoms with Crippen LogP contribution < -0.4 is 0 Å². The highest BCUT2D eigenvalue weighted by molar-refractivity contribution is 7.91. The number of rotatable bonds is 7. The number of piperazine rings is 1. The van der Waals surface area contributed by atoms with Gasteiger partial charge in [-0.1, -0.05) is 43.2 Å². The molecule has 2 saturated heterocycles. The Labute approximate surface area is 191 Å². The van der Waals surface area contributed by atoms with Gasteiger partial charge in [0.25, 0.3) is 0 Å². The number of nitrogens with zero attached hydrogens (tertiary/aromatic N) is 3. The molecular weight excluding hydrogens is 450 g/mol. The van der Waals surface area contributed by atoms with Crippen LogP contribution >= 0.6 is 0 Å². The van der Waals surface area contributed by atoms with Crippen molar-refractivity contribution in [3.05, 3.63) is 35.9 Å². The topological polar surface area (TPSA) is 95.1 Å². The smallest absolute Gasteiger partial charge is 0.237 e. The number of benzene rings is 1. The number of sulfonamides is 1. The van der Waals surface area contributed by atoms with Crippen LogP contribution in [0.1, 0.15) is 37.7 Å². The van der Waals surface area contributed by atoms with Gasteiger partial charge >= 0.3 is 0 Å². The van der Waals surface area contributed by atoms with Crippen LogP contribution in [0.4, 0.5) is 0 Å². The number of carbonyl (C=O) groups is 1. The fraction of sp³-hybridized carbons (Fsp3) is 0.682. The molecule has 1 aromatic rings. The van der Waals surface area contributed by atoms with E-state index >= 15 is 0 Å². The van der Waals surface area contributed by atoms with E-state index in [1.54, 1.807) is 0 Å². The molecule has 178 valence electrons. The predicted molar refractivity (Wildman–Crippen MR) is 123 cm³/mol. The molecule has 0 radical (unpaired) electrons. The Hall–Kier alpha value is -1.49. The number of hydrogen-bond donors (Lipinski definition) is 0. The minimum Gasteiger partial charge on any atom is -0.335 e. The minimum atomic E-state index is -3.40. The van der Waals surface area contributed by atoms with Crippen molar-refractivity contribution in [2.75, 3.05) is 44.2 Å². The van der Waals surface area contributed by atoms with Crippen molar-refractivity contribution in [1.82, 2.24) is 14.1 Å². The summed E-state index contributed by atoms with van der Waals surface area (Å²) in [6.45, 7) is 1.95. The molecule has 0 N–H and O–H groups in total. The molecule has 1 saturated carbocycles. The van der Waals surface area contributed by atoms with E-state index in [0.717, 1.165) is 31.2 Å². The second kappa shape index (κ2) is 9.79. The second-order valence-corrected chi connectivity index (χ2v) is 13.4. The van der Waals surface area contributed by atoms with E-state index in [1.165, 1.54) is 4.31 Å². The third-order valence-electron chi connectivity index (χ3n) is 6.88. The fourth-order valence-electron chi connectivity index (χ4n) is 5.20. The Balaban J connectivity index is 1.34. The van der Waals surface area contributed by atoms with Crippen LogP contribution in [0.3, 0.4) is 0 Å². The van der Waals surface area contributed by atoms with Crippen LogP contribution in [0, 0.1) is 0 Å². The Morgan fingerprint density at radius 1 is 0.969 bits per heavy atom. The van der Waals surface area contributed by atoms with Crippen molar-refractivity contribution in [2.24, 2.45) is 0 Å². The highest BCUT2D eigenvalue weighted by Crippen LogP contribution is 2.29. The van der Waals surface area contributed by atoms with Crippen molar-refractivity contribution in [3.63, 3.8) is 0 Å². The Morgan fingerprint density at radius 3 is 2.22 bits per heavy atom. The Morgan fingerprint density at radius 2 is 1.62 bits per heavy atom. The summed E-state index contributed by atoms with van der Waals surface area (Å²) in [5, 5.41) is 0. The van der Waals surface area contributed by atoms with E-state index < -0.39 is 19.9 Å². The summed E-state index contributed by atoms with van der Waals surface area (Å²) < 4.78 is 51.1. The van der Waals surface area contributed by atoms with Gasteiger partial charge in [0.15, 0.2) is 9.84 Å². The lowest BCUT2D eigenvalue weighted by Gasteiger charge is -2.38. The summed E-state index contributed by atoms with van der Waals surface area (Å²) in [4.78, 5) is 17.1. The van der Waals surface area contributed by atoms with Crippen LogP contribution in [0.15, 0.2) is 30.3 Å². The van der Waals surface area contributed by atoms with Gasteiger partial charge < -0.3 is 4.90 Å². The summed E-state index contributed by atoms with van der Waals surface area (Å²) in [5.74, 6) is 0.199. The van der Waals surface area contributed by atoms with Gasteiger partial charge in [-0.15, -0.1) is 0 Å². The Kier molecular flexibility index (Phi) is 7.24. The molecule has 4 rings (SSSR count). The lowest BCUT2D eigenvalue weighted by atomic mass is 10.1. The van der Waals surface area contributed by atoms with Gasteiger partial charge in [-0.05, 0) is 24.8 Å². The SMILES string of the molecule is O=C(CN1CCN(S(=O)(=O)Cc2ccccc2)CC1)N(C1CCCC1)[C@@H]1CCS(=O)(=O)C1. The second-order valence-electron chi connectivity index (χ2n) is 9.21. The van der Waals surface area contributed by atoms with Crippen molar-refractivity contribution in [2.45, 2.75) is 49.9 Å². The molecule has 0 aromatic heterocycles. The lowest BCUT2D eigenvalue weighted by Crippen LogP contribution is -2.54. The van der Waals surface area contributed by atoms with Gasteiger partial charge in [0.05, 0.1) is 23.8 Å². The first-order valence-corrected chi connectivity index (χ1v) is 14.9. The van der Waals surface area contributed by atoms with E-state index in [-0.39, 0.29) is 41.8 Å². The van der Waals surface area contributed by atoms with Gasteiger partial charge in [-0.2, -0.15) is 4.31 Å². The van der Waals surface area contributed by atoms with E-state index in [2.05, 4.69) is 0 Å². The first kappa shape index (κ1) is 23.7. The lowest BCUT2D eigenvalue weighted by molar-refractivity contribution is -0.137. The number of hydrogen-bond acceptors (Lipinski definition) is 6. The molecule has 8 nitrogen and oxygen atoms in total. The van der Waals surface area contributed by atoms with Gasteiger partial charge in [-0.3, -0.25) is 9.69 Å². The van der Waals surface area contributed by atoms with Gasteiger partial charge in [0.2, 0.25) is 15.9 Å². The van der Waals surface area contributed by atoms with Gasteiger partial charge in [0, 0.05) is 38.3 Å². The Bertz CT molecular complexity index is 999. The molecule has 3 aliphatic rings. The number of carbonyl (C=O) groups excluding carboxylic acids is 1. The summed E-state index contributed by atoms with van der Waals surface area (Å²) in [5.41, 5.74) is 0.767. The van der Waals surface area contributed by atoms with E-state index in [9.17, 15) is 21.6 Å². The van der Waals surface area contributed by atoms with Crippen LogP contribution in [0.2, 0.25) is 0 Å². The summed E-state index contributed by atoms with van der Waals surface area (Å²) in [6, 6.07) is 9.07. The molecule has 2 heterocycles. The first-order chi connectivity index (χ1) is 15.2. The zero-order valence-corrected chi connectivity index (χ0v) is 20.1. The van der Waals surface area contributed by atoms with Gasteiger partial charge in [0.1, 0.15) is 0 Å². The molecule has 1 atom stereocenters. The predicted octanol–water partition coefficient (Wildman–Crippen LogP) is 1.09. The maximum Gasteiger partial charge on any atom is 0.237 e. The normalized spacial score (nSPS) is 25.2. The van der Waals surface area contributed by atoms with Crippen molar-refractivity contribution >= 4 is 25.8 Å². The summed E-state index contributed by atoms with van der Waals surface area (Å²) in [6.07, 6.45) is 4.55. The van der Waals surface area contributed by atoms with Crippen molar-refractivity contribution in [1.29, 1.82) is 0 Å². The highest BCUT2D eigenvalue weighted by atomic mass is 32.2. The van der Waals surface area contributed by atoms with Crippen LogP contribution in [0.5, 0.6) is 0 Å². The molecule has 2 aliphatic heterocycles. The molecule has 0 unspecified atom stereocenters. The van der Waals surface area contributed by atoms with E-state index in [1.807, 2.05) is 40.1 Å². The monoisotopic (exact) mass is 483 g/mol. The molecule has 1 aromatic carbocycles. The molecule has 1 amide bonds. The molecule has 0 bridgehead atoms. The average molecular weight is 484 g/mol. The molecule has 1 aliphatic carbocycles. The van der Waals surface area contributed by atoms with E-state index in [4.69, 9.17) is 0 Å². The van der Waals surface area contributed by atoms with Crippen LogP contribution in [0.25, 0.3) is 0 Å². The van der Waals surface area contributed by atoms with Crippen molar-refractivity contribution < 1.29 is 21.6 Å². The third kappa shape index (κ3) is 5.70. The van der Waals surface area contributed by atoms with Gasteiger partial charge in [-0.25, -0.2) is 16.8 Å². The zero-order chi connectivity index (χ0) is 22.8.